The Labute approximate surface area is 172 Å². The second kappa shape index (κ2) is 9.76. The van der Waals surface area contributed by atoms with E-state index in [-0.39, 0.29) is 10.5 Å². The number of methoxy groups -OCH3 is 1. The van der Waals surface area contributed by atoms with Gasteiger partial charge in [-0.25, -0.2) is 8.42 Å². The monoisotopic (exact) mass is 420 g/mol. The van der Waals surface area contributed by atoms with E-state index >= 15 is 0 Å². The Hall–Kier alpha value is -2.58. The minimum Gasteiger partial charge on any atom is -0.493 e. The van der Waals surface area contributed by atoms with Gasteiger partial charge in [0.15, 0.2) is 11.5 Å². The molecule has 0 unspecified atom stereocenters. The maximum atomic E-state index is 12.5. The van der Waals surface area contributed by atoms with Crippen LogP contribution in [0.25, 0.3) is 0 Å². The molecule has 2 rings (SSSR count). The molecule has 8 heteroatoms. The number of hydrazine groups is 1. The molecule has 0 atom stereocenters. The van der Waals surface area contributed by atoms with Crippen LogP contribution in [-0.2, 0) is 10.0 Å². The zero-order chi connectivity index (χ0) is 21.6. The molecular weight excluding hydrogens is 392 g/mol. The van der Waals surface area contributed by atoms with Crippen LogP contribution in [0.1, 0.15) is 41.8 Å². The van der Waals surface area contributed by atoms with Crippen LogP contribution in [0.3, 0.4) is 0 Å². The summed E-state index contributed by atoms with van der Waals surface area (Å²) in [6.45, 7) is 8.24. The predicted octanol–water partition coefficient (Wildman–Crippen LogP) is 3.36. The number of carbonyl (C=O) groups excluding carboxylic acids is 1. The predicted molar refractivity (Wildman–Crippen MR) is 112 cm³/mol. The highest BCUT2D eigenvalue weighted by Gasteiger charge is 2.19. The second-order valence-electron chi connectivity index (χ2n) is 7.23. The molecule has 2 N–H and O–H groups in total. The van der Waals surface area contributed by atoms with Gasteiger partial charge in [0, 0.05) is 5.56 Å². The van der Waals surface area contributed by atoms with Gasteiger partial charge in [0.2, 0.25) is 0 Å². The van der Waals surface area contributed by atoms with Crippen molar-refractivity contribution in [2.24, 2.45) is 5.92 Å². The van der Waals surface area contributed by atoms with Gasteiger partial charge in [-0.15, -0.1) is 4.83 Å². The van der Waals surface area contributed by atoms with Gasteiger partial charge in [0.25, 0.3) is 15.9 Å². The van der Waals surface area contributed by atoms with Gasteiger partial charge in [0.05, 0.1) is 18.6 Å². The number of hydrogen-bond acceptors (Lipinski definition) is 5. The summed E-state index contributed by atoms with van der Waals surface area (Å²) in [4.78, 5) is 14.7. The molecular formula is C21H28N2O5S. The van der Waals surface area contributed by atoms with Gasteiger partial charge in [-0.2, -0.15) is 0 Å². The van der Waals surface area contributed by atoms with Gasteiger partial charge in [-0.1, -0.05) is 26.0 Å². The van der Waals surface area contributed by atoms with Crippen molar-refractivity contribution in [3.63, 3.8) is 0 Å². The van der Waals surface area contributed by atoms with Crippen molar-refractivity contribution in [1.82, 2.24) is 10.3 Å². The van der Waals surface area contributed by atoms with Gasteiger partial charge < -0.3 is 9.47 Å². The van der Waals surface area contributed by atoms with Crippen molar-refractivity contribution in [2.45, 2.75) is 39.0 Å². The second-order valence-corrected chi connectivity index (χ2v) is 8.88. The summed E-state index contributed by atoms with van der Waals surface area (Å²) in [7, 11) is -2.42. The first-order valence-corrected chi connectivity index (χ1v) is 10.8. The van der Waals surface area contributed by atoms with Gasteiger partial charge >= 0.3 is 0 Å². The third-order valence-corrected chi connectivity index (χ3v) is 5.70. The van der Waals surface area contributed by atoms with Crippen molar-refractivity contribution in [3.05, 3.63) is 53.1 Å². The molecule has 7 nitrogen and oxygen atoms in total. The number of aryl methyl sites for hydroxylation is 2. The summed E-state index contributed by atoms with van der Waals surface area (Å²) < 4.78 is 36.0. The highest BCUT2D eigenvalue weighted by atomic mass is 32.2. The maximum absolute atomic E-state index is 12.5. The van der Waals surface area contributed by atoms with E-state index in [1.54, 1.807) is 38.1 Å². The van der Waals surface area contributed by atoms with Crippen molar-refractivity contribution in [3.8, 4) is 11.5 Å². The number of ether oxygens (including phenoxy) is 2. The molecule has 0 aliphatic carbocycles. The molecule has 0 fully saturated rings. The summed E-state index contributed by atoms with van der Waals surface area (Å²) in [6, 6.07) is 9.78. The number of rotatable bonds is 9. The standard InChI is InChI=1S/C21H28N2O5S/c1-14(2)10-11-28-18-9-8-17(13-19(18)27-5)21(24)22-23-29(25,26)20-12-15(3)6-7-16(20)4/h6-9,12-14,23H,10-11H2,1-5H3,(H,22,24). The minimum atomic E-state index is -3.90. The van der Waals surface area contributed by atoms with Gasteiger partial charge in [-0.05, 0) is 61.6 Å². The van der Waals surface area contributed by atoms with E-state index in [0.29, 0.717) is 29.6 Å². The molecule has 0 bridgehead atoms. The van der Waals surface area contributed by atoms with Crippen LogP contribution in [-0.4, -0.2) is 28.0 Å². The average Bonchev–Trinajstić information content (AvgIpc) is 2.67. The lowest BCUT2D eigenvalue weighted by molar-refractivity contribution is 0.0944. The van der Waals surface area contributed by atoms with Crippen LogP contribution < -0.4 is 19.7 Å². The van der Waals surface area contributed by atoms with Crippen molar-refractivity contribution >= 4 is 15.9 Å². The molecule has 0 saturated heterocycles. The summed E-state index contributed by atoms with van der Waals surface area (Å²) >= 11 is 0. The van der Waals surface area contributed by atoms with Crippen molar-refractivity contribution in [1.29, 1.82) is 0 Å². The average molecular weight is 421 g/mol. The zero-order valence-corrected chi connectivity index (χ0v) is 18.2. The Morgan fingerprint density at radius 1 is 1.07 bits per heavy atom. The van der Waals surface area contributed by atoms with Gasteiger partial charge in [0.1, 0.15) is 0 Å². The number of benzene rings is 2. The summed E-state index contributed by atoms with van der Waals surface area (Å²) in [5, 5.41) is 0. The first kappa shape index (κ1) is 22.7. The van der Waals surface area contributed by atoms with Crippen LogP contribution in [0.4, 0.5) is 0 Å². The molecule has 0 saturated carbocycles. The Balaban J connectivity index is 2.09. The summed E-state index contributed by atoms with van der Waals surface area (Å²) in [5.41, 5.74) is 3.87. The summed E-state index contributed by atoms with van der Waals surface area (Å²) in [6.07, 6.45) is 0.894. The number of hydrogen-bond donors (Lipinski definition) is 2. The lowest BCUT2D eigenvalue weighted by Gasteiger charge is -2.14. The topological polar surface area (TPSA) is 93.7 Å². The van der Waals surface area contributed by atoms with E-state index in [1.807, 2.05) is 6.07 Å². The van der Waals surface area contributed by atoms with Crippen LogP contribution >= 0.6 is 0 Å². The highest BCUT2D eigenvalue weighted by Crippen LogP contribution is 2.28. The molecule has 0 aliphatic heterocycles. The lowest BCUT2D eigenvalue weighted by Crippen LogP contribution is -2.41. The van der Waals surface area contributed by atoms with E-state index in [0.717, 1.165) is 12.0 Å². The molecule has 0 spiro atoms. The Bertz CT molecular complexity index is 971. The van der Waals surface area contributed by atoms with Crippen molar-refractivity contribution in [2.75, 3.05) is 13.7 Å². The molecule has 0 heterocycles. The van der Waals surface area contributed by atoms with Crippen LogP contribution in [0.5, 0.6) is 11.5 Å². The Morgan fingerprint density at radius 3 is 2.45 bits per heavy atom. The molecule has 0 radical (unpaired) electrons. The first-order valence-electron chi connectivity index (χ1n) is 9.34. The van der Waals surface area contributed by atoms with Crippen LogP contribution in [0.15, 0.2) is 41.3 Å². The molecule has 0 aliphatic rings. The number of carbonyl (C=O) groups is 1. The largest absolute Gasteiger partial charge is 0.493 e. The molecule has 2 aromatic carbocycles. The maximum Gasteiger partial charge on any atom is 0.266 e. The Kier molecular flexibility index (Phi) is 7.64. The van der Waals surface area contributed by atoms with Crippen molar-refractivity contribution < 1.29 is 22.7 Å². The lowest BCUT2D eigenvalue weighted by atomic mass is 10.1. The smallest absolute Gasteiger partial charge is 0.266 e. The minimum absolute atomic E-state index is 0.115. The normalized spacial score (nSPS) is 11.4. The highest BCUT2D eigenvalue weighted by molar-refractivity contribution is 7.89. The fourth-order valence-electron chi connectivity index (χ4n) is 2.57. The van der Waals surface area contributed by atoms with Crippen LogP contribution in [0.2, 0.25) is 0 Å². The molecule has 158 valence electrons. The number of sulfonamides is 1. The summed E-state index contributed by atoms with van der Waals surface area (Å²) in [5.74, 6) is 0.835. The zero-order valence-electron chi connectivity index (χ0n) is 17.4. The SMILES string of the molecule is COc1cc(C(=O)NNS(=O)(=O)c2cc(C)ccc2C)ccc1OCCC(C)C. The van der Waals surface area contributed by atoms with E-state index in [4.69, 9.17) is 9.47 Å². The third-order valence-electron chi connectivity index (χ3n) is 4.31. The number of amides is 1. The fraction of sp³-hybridized carbons (Fsp3) is 0.381. The molecule has 2 aromatic rings. The van der Waals surface area contributed by atoms with E-state index < -0.39 is 15.9 Å². The van der Waals surface area contributed by atoms with E-state index in [1.165, 1.54) is 13.2 Å². The van der Waals surface area contributed by atoms with E-state index in [9.17, 15) is 13.2 Å². The Morgan fingerprint density at radius 2 is 1.79 bits per heavy atom. The van der Waals surface area contributed by atoms with Gasteiger partial charge in [-0.3, -0.25) is 10.2 Å². The van der Waals surface area contributed by atoms with Crippen LogP contribution in [0, 0.1) is 19.8 Å². The number of nitrogens with one attached hydrogen (secondary N) is 2. The molecule has 1 amide bonds. The third kappa shape index (κ3) is 6.20. The molecule has 0 aromatic heterocycles. The molecule has 29 heavy (non-hydrogen) atoms. The van der Waals surface area contributed by atoms with E-state index in [2.05, 4.69) is 24.1 Å². The quantitative estimate of drug-likeness (QED) is 0.607. The first-order chi connectivity index (χ1) is 13.6. The fourth-order valence-corrected chi connectivity index (χ4v) is 3.74.